The molecule has 1 aliphatic heterocycles. The first-order valence-corrected chi connectivity index (χ1v) is 5.62. The van der Waals surface area contributed by atoms with Crippen molar-refractivity contribution in [1.82, 2.24) is 14.5 Å². The van der Waals surface area contributed by atoms with Crippen molar-refractivity contribution in [1.29, 1.82) is 0 Å². The smallest absolute Gasteiger partial charge is 0.122 e. The number of aryl methyl sites for hydroxylation is 1. The van der Waals surface area contributed by atoms with Gasteiger partial charge < -0.3 is 9.67 Å². The molecule has 0 radical (unpaired) electrons. The summed E-state index contributed by atoms with van der Waals surface area (Å²) in [5, 5.41) is 9.29. The van der Waals surface area contributed by atoms with Crippen LogP contribution < -0.4 is 0 Å². The zero-order valence-electron chi connectivity index (χ0n) is 9.26. The first-order chi connectivity index (χ1) is 7.31. The van der Waals surface area contributed by atoms with E-state index < -0.39 is 0 Å². The van der Waals surface area contributed by atoms with Gasteiger partial charge in [0, 0.05) is 25.5 Å². The Balaban J connectivity index is 2.00. The van der Waals surface area contributed by atoms with Crippen LogP contribution in [0.3, 0.4) is 0 Å². The molecule has 1 aromatic rings. The van der Waals surface area contributed by atoms with Crippen LogP contribution in [0.5, 0.6) is 0 Å². The van der Waals surface area contributed by atoms with Crippen molar-refractivity contribution < 1.29 is 5.11 Å². The van der Waals surface area contributed by atoms with Gasteiger partial charge in [0.2, 0.25) is 0 Å². The molecule has 15 heavy (non-hydrogen) atoms. The zero-order chi connectivity index (χ0) is 10.7. The summed E-state index contributed by atoms with van der Waals surface area (Å²) in [5.41, 5.74) is 0. The molecule has 0 aliphatic carbocycles. The summed E-state index contributed by atoms with van der Waals surface area (Å²) in [7, 11) is 2.01. The molecule has 0 bridgehead atoms. The lowest BCUT2D eigenvalue weighted by molar-refractivity contribution is 0.0812. The van der Waals surface area contributed by atoms with E-state index >= 15 is 0 Å². The minimum absolute atomic E-state index is 0.268. The third-order valence-corrected chi connectivity index (χ3v) is 3.23. The number of aliphatic hydroxyl groups is 1. The van der Waals surface area contributed by atoms with E-state index in [1.807, 2.05) is 24.0 Å². The Morgan fingerprint density at radius 1 is 1.53 bits per heavy atom. The van der Waals surface area contributed by atoms with Crippen molar-refractivity contribution in [2.24, 2.45) is 7.05 Å². The fourth-order valence-electron chi connectivity index (χ4n) is 2.21. The van der Waals surface area contributed by atoms with Crippen LogP contribution in [0.4, 0.5) is 0 Å². The normalized spacial score (nSPS) is 23.2. The second kappa shape index (κ2) is 4.77. The highest BCUT2D eigenvalue weighted by Gasteiger charge is 2.22. The molecule has 0 spiro atoms. The summed E-state index contributed by atoms with van der Waals surface area (Å²) in [6.07, 6.45) is 7.38. The maximum atomic E-state index is 9.29. The molecule has 0 amide bonds. The summed E-state index contributed by atoms with van der Waals surface area (Å²) in [6, 6.07) is 0.329. The molecule has 1 saturated heterocycles. The molecule has 1 fully saturated rings. The van der Waals surface area contributed by atoms with Crippen molar-refractivity contribution in [3.63, 3.8) is 0 Å². The Morgan fingerprint density at radius 3 is 3.07 bits per heavy atom. The average molecular weight is 209 g/mol. The summed E-state index contributed by atoms with van der Waals surface area (Å²) in [6.45, 7) is 2.21. The number of nitrogens with zero attached hydrogens (tertiary/aromatic N) is 3. The second-order valence-electron chi connectivity index (χ2n) is 4.26. The van der Waals surface area contributed by atoms with E-state index in [1.165, 1.54) is 12.8 Å². The van der Waals surface area contributed by atoms with Crippen molar-refractivity contribution in [2.75, 3.05) is 13.2 Å². The number of piperidine rings is 1. The lowest BCUT2D eigenvalue weighted by atomic mass is 10.0. The Kier molecular flexibility index (Phi) is 3.38. The highest BCUT2D eigenvalue weighted by atomic mass is 16.3. The van der Waals surface area contributed by atoms with Crippen molar-refractivity contribution in [3.8, 4) is 0 Å². The van der Waals surface area contributed by atoms with Gasteiger partial charge in [0.05, 0.1) is 13.2 Å². The number of aromatic nitrogens is 2. The topological polar surface area (TPSA) is 41.3 Å². The molecule has 1 atom stereocenters. The number of hydrogen-bond donors (Lipinski definition) is 1. The summed E-state index contributed by atoms with van der Waals surface area (Å²) < 4.78 is 2.04. The van der Waals surface area contributed by atoms with E-state index in [0.717, 1.165) is 25.3 Å². The zero-order valence-corrected chi connectivity index (χ0v) is 9.26. The van der Waals surface area contributed by atoms with E-state index in [0.29, 0.717) is 6.04 Å². The van der Waals surface area contributed by atoms with Gasteiger partial charge in [0.25, 0.3) is 0 Å². The molecular formula is C11H19N3O. The van der Waals surface area contributed by atoms with E-state index in [2.05, 4.69) is 9.88 Å². The second-order valence-corrected chi connectivity index (χ2v) is 4.26. The molecule has 1 N–H and O–H groups in total. The molecule has 1 aromatic heterocycles. The molecule has 84 valence electrons. The molecule has 0 unspecified atom stereocenters. The fourth-order valence-corrected chi connectivity index (χ4v) is 2.21. The standard InChI is InChI=1S/C11H19N3O/c1-13-7-5-12-11(13)8-14-6-3-2-4-10(14)9-15/h5,7,10,15H,2-4,6,8-9H2,1H3/t10-/m1/s1. The Labute approximate surface area is 90.5 Å². The fraction of sp³-hybridized carbons (Fsp3) is 0.727. The summed E-state index contributed by atoms with van der Waals surface area (Å²) in [4.78, 5) is 6.66. The summed E-state index contributed by atoms with van der Waals surface area (Å²) >= 11 is 0. The minimum atomic E-state index is 0.268. The lowest BCUT2D eigenvalue weighted by Gasteiger charge is -2.34. The third-order valence-electron chi connectivity index (χ3n) is 3.23. The van der Waals surface area contributed by atoms with Crippen molar-refractivity contribution in [2.45, 2.75) is 31.8 Å². The van der Waals surface area contributed by atoms with Crippen LogP contribution in [-0.4, -0.2) is 38.8 Å². The molecule has 0 saturated carbocycles. The van der Waals surface area contributed by atoms with Crippen LogP contribution >= 0.6 is 0 Å². The van der Waals surface area contributed by atoms with Crippen LogP contribution in [-0.2, 0) is 13.6 Å². The quantitative estimate of drug-likeness (QED) is 0.799. The molecule has 4 heteroatoms. The first kappa shape index (κ1) is 10.6. The van der Waals surface area contributed by atoms with Gasteiger partial charge in [-0.25, -0.2) is 4.98 Å². The predicted molar refractivity (Wildman–Crippen MR) is 58.3 cm³/mol. The van der Waals surface area contributed by atoms with Gasteiger partial charge >= 0.3 is 0 Å². The van der Waals surface area contributed by atoms with Crippen LogP contribution in [0.2, 0.25) is 0 Å². The number of aliphatic hydroxyl groups excluding tert-OH is 1. The number of rotatable bonds is 3. The highest BCUT2D eigenvalue weighted by Crippen LogP contribution is 2.18. The van der Waals surface area contributed by atoms with Gasteiger partial charge in [0.1, 0.15) is 5.82 Å². The Bertz CT molecular complexity index is 311. The predicted octanol–water partition coefficient (Wildman–Crippen LogP) is 0.767. The molecule has 1 aliphatic rings. The van der Waals surface area contributed by atoms with Gasteiger partial charge in [0.15, 0.2) is 0 Å². The van der Waals surface area contributed by atoms with Gasteiger partial charge in [-0.3, -0.25) is 4.90 Å². The van der Waals surface area contributed by atoms with Crippen molar-refractivity contribution in [3.05, 3.63) is 18.2 Å². The molecule has 2 heterocycles. The number of likely N-dealkylation sites (tertiary alicyclic amines) is 1. The van der Waals surface area contributed by atoms with Crippen LogP contribution in [0.1, 0.15) is 25.1 Å². The van der Waals surface area contributed by atoms with E-state index in [4.69, 9.17) is 0 Å². The monoisotopic (exact) mass is 209 g/mol. The van der Waals surface area contributed by atoms with E-state index in [1.54, 1.807) is 0 Å². The number of hydrogen-bond acceptors (Lipinski definition) is 3. The first-order valence-electron chi connectivity index (χ1n) is 5.62. The molecular weight excluding hydrogens is 190 g/mol. The van der Waals surface area contributed by atoms with E-state index in [9.17, 15) is 5.11 Å². The molecule has 2 rings (SSSR count). The van der Waals surface area contributed by atoms with Crippen LogP contribution in [0.25, 0.3) is 0 Å². The van der Waals surface area contributed by atoms with Crippen LogP contribution in [0, 0.1) is 0 Å². The average Bonchev–Trinajstić information content (AvgIpc) is 2.65. The molecule has 0 aromatic carbocycles. The Morgan fingerprint density at radius 2 is 2.40 bits per heavy atom. The van der Waals surface area contributed by atoms with Gasteiger partial charge in [-0.15, -0.1) is 0 Å². The van der Waals surface area contributed by atoms with Gasteiger partial charge in [-0.05, 0) is 19.4 Å². The lowest BCUT2D eigenvalue weighted by Crippen LogP contribution is -2.41. The van der Waals surface area contributed by atoms with E-state index in [-0.39, 0.29) is 6.61 Å². The Hall–Kier alpha value is -0.870. The minimum Gasteiger partial charge on any atom is -0.395 e. The third kappa shape index (κ3) is 2.38. The van der Waals surface area contributed by atoms with Crippen LogP contribution in [0.15, 0.2) is 12.4 Å². The van der Waals surface area contributed by atoms with Crippen molar-refractivity contribution >= 4 is 0 Å². The maximum Gasteiger partial charge on any atom is 0.122 e. The highest BCUT2D eigenvalue weighted by molar-refractivity contribution is 4.92. The number of imidazole rings is 1. The van der Waals surface area contributed by atoms with Gasteiger partial charge in [-0.1, -0.05) is 6.42 Å². The largest absolute Gasteiger partial charge is 0.395 e. The van der Waals surface area contributed by atoms with Gasteiger partial charge in [-0.2, -0.15) is 0 Å². The summed E-state index contributed by atoms with van der Waals surface area (Å²) in [5.74, 6) is 1.08. The molecule has 4 nitrogen and oxygen atoms in total. The SMILES string of the molecule is Cn1ccnc1CN1CCCC[C@@H]1CO. The maximum absolute atomic E-state index is 9.29.